The van der Waals surface area contributed by atoms with Crippen LogP contribution in [0.1, 0.15) is 0 Å². The van der Waals surface area contributed by atoms with E-state index in [-0.39, 0.29) is 0 Å². The van der Waals surface area contributed by atoms with Crippen LogP contribution in [0.3, 0.4) is 0 Å². The van der Waals surface area contributed by atoms with Crippen LogP contribution in [-0.4, -0.2) is 0 Å². The summed E-state index contributed by atoms with van der Waals surface area (Å²) in [6.07, 6.45) is 0. The third-order valence-corrected chi connectivity index (χ3v) is 10.8. The molecule has 236 valence electrons. The fourth-order valence-electron chi connectivity index (χ4n) is 7.36. The molecule has 0 N–H and O–H groups in total. The summed E-state index contributed by atoms with van der Waals surface area (Å²) in [5.74, 6) is 0. The van der Waals surface area contributed by atoms with Gasteiger partial charge in [0.2, 0.25) is 0 Å². The van der Waals surface area contributed by atoms with Crippen molar-refractivity contribution >= 4 is 98.3 Å². The highest BCUT2D eigenvalue weighted by Crippen LogP contribution is 2.50. The van der Waals surface area contributed by atoms with Crippen LogP contribution >= 0.6 is 11.3 Å². The van der Waals surface area contributed by atoms with E-state index in [0.29, 0.717) is 0 Å². The Balaban J connectivity index is 1.31. The van der Waals surface area contributed by atoms with Gasteiger partial charge in [0, 0.05) is 65.4 Å². The number of fused-ring (bicyclic) bond motifs is 8. The van der Waals surface area contributed by atoms with Crippen molar-refractivity contribution < 1.29 is 4.42 Å². The Labute approximate surface area is 293 Å². The molecule has 2 heterocycles. The predicted octanol–water partition coefficient (Wildman–Crippen LogP) is 14.0. The second-order valence-electron chi connectivity index (χ2n) is 12.6. The van der Waals surface area contributed by atoms with Crippen molar-refractivity contribution in [1.29, 1.82) is 0 Å². The fraction of sp³-hybridized carbons (Fsp3) is 0. The second kappa shape index (κ2) is 11.7. The monoisotopic (exact) mass is 658 g/mol. The molecule has 0 aliphatic rings. The Morgan fingerprint density at radius 1 is 0.380 bits per heavy atom. The number of rotatable bonds is 6. The van der Waals surface area contributed by atoms with Crippen LogP contribution in [0.5, 0.6) is 0 Å². The Morgan fingerprint density at radius 2 is 0.960 bits per heavy atom. The van der Waals surface area contributed by atoms with Crippen LogP contribution in [0.4, 0.5) is 34.1 Å². The summed E-state index contributed by atoms with van der Waals surface area (Å²) < 4.78 is 8.97. The highest BCUT2D eigenvalue weighted by Gasteiger charge is 2.24. The number of hydrogen-bond acceptors (Lipinski definition) is 4. The molecule has 0 radical (unpaired) electrons. The van der Waals surface area contributed by atoms with E-state index in [2.05, 4.69) is 180 Å². The topological polar surface area (TPSA) is 19.6 Å². The van der Waals surface area contributed by atoms with Crippen LogP contribution in [0.15, 0.2) is 186 Å². The number of thiophene rings is 1. The molecule has 0 bridgehead atoms. The number of benzene rings is 8. The van der Waals surface area contributed by atoms with Gasteiger partial charge in [0.1, 0.15) is 11.2 Å². The Bertz CT molecular complexity index is 2780. The van der Waals surface area contributed by atoms with E-state index in [1.165, 1.54) is 30.9 Å². The van der Waals surface area contributed by atoms with Crippen molar-refractivity contribution in [1.82, 2.24) is 0 Å². The van der Waals surface area contributed by atoms with Crippen molar-refractivity contribution in [2.45, 2.75) is 0 Å². The van der Waals surface area contributed by atoms with Crippen molar-refractivity contribution in [2.75, 3.05) is 9.80 Å². The number of hydrogen-bond donors (Lipinski definition) is 0. The van der Waals surface area contributed by atoms with E-state index in [1.807, 2.05) is 23.5 Å². The zero-order valence-electron chi connectivity index (χ0n) is 27.0. The summed E-state index contributed by atoms with van der Waals surface area (Å²) in [5, 5.41) is 7.25. The lowest BCUT2D eigenvalue weighted by Crippen LogP contribution is -2.13. The summed E-state index contributed by atoms with van der Waals surface area (Å²) in [7, 11) is 0. The molecule has 0 spiro atoms. The first-order valence-electron chi connectivity index (χ1n) is 16.8. The van der Waals surface area contributed by atoms with Crippen molar-refractivity contribution in [2.24, 2.45) is 0 Å². The van der Waals surface area contributed by atoms with E-state index >= 15 is 0 Å². The first-order valence-corrected chi connectivity index (χ1v) is 17.7. The number of anilines is 6. The number of furan rings is 1. The fourth-order valence-corrected chi connectivity index (χ4v) is 8.65. The van der Waals surface area contributed by atoms with Crippen molar-refractivity contribution in [3.8, 4) is 0 Å². The minimum absolute atomic E-state index is 0.869. The molecule has 0 aliphatic carbocycles. The van der Waals surface area contributed by atoms with E-state index in [1.54, 1.807) is 0 Å². The average molecular weight is 659 g/mol. The van der Waals surface area contributed by atoms with Gasteiger partial charge in [-0.2, -0.15) is 0 Å². The van der Waals surface area contributed by atoms with Crippen molar-refractivity contribution in [3.05, 3.63) is 182 Å². The van der Waals surface area contributed by atoms with Gasteiger partial charge in [0.15, 0.2) is 0 Å². The molecule has 0 saturated heterocycles. The molecular weight excluding hydrogens is 629 g/mol. The molecule has 10 rings (SSSR count). The molecule has 0 atom stereocenters. The van der Waals surface area contributed by atoms with Gasteiger partial charge in [-0.25, -0.2) is 0 Å². The van der Waals surface area contributed by atoms with Crippen LogP contribution < -0.4 is 9.80 Å². The minimum Gasteiger partial charge on any atom is -0.456 e. The molecule has 2 aromatic heterocycles. The standard InChI is InChI=1S/C46H30N2OS/c1-4-15-32(16-5-1)47(33-17-6-2-7-18-33)36-28-41(45-40-26-24-31-14-10-11-21-37(31)46(40)50-44(45)30-36)48(34-19-8-3-9-20-34)35-25-27-39-38-22-12-13-23-42(38)49-43(39)29-35/h1-30H. The van der Waals surface area contributed by atoms with E-state index in [4.69, 9.17) is 4.42 Å². The zero-order valence-corrected chi connectivity index (χ0v) is 27.8. The van der Waals surface area contributed by atoms with Gasteiger partial charge < -0.3 is 14.2 Å². The predicted molar refractivity (Wildman–Crippen MR) is 213 cm³/mol. The third kappa shape index (κ3) is 4.65. The third-order valence-electron chi connectivity index (χ3n) is 9.59. The van der Waals surface area contributed by atoms with Gasteiger partial charge in [0.25, 0.3) is 0 Å². The Kier molecular flexibility index (Phi) is 6.68. The summed E-state index contributed by atoms with van der Waals surface area (Å²) in [5.41, 5.74) is 8.28. The molecule has 8 aromatic carbocycles. The summed E-state index contributed by atoms with van der Waals surface area (Å²) in [6.45, 7) is 0. The molecule has 4 heteroatoms. The van der Waals surface area contributed by atoms with Gasteiger partial charge in [-0.05, 0) is 77.5 Å². The number of para-hydroxylation sites is 4. The molecule has 3 nitrogen and oxygen atoms in total. The van der Waals surface area contributed by atoms with Gasteiger partial charge in [-0.15, -0.1) is 11.3 Å². The molecular formula is C46H30N2OS. The smallest absolute Gasteiger partial charge is 0.137 e. The normalized spacial score (nSPS) is 11.6. The minimum atomic E-state index is 0.869. The summed E-state index contributed by atoms with van der Waals surface area (Å²) >= 11 is 1.87. The zero-order chi connectivity index (χ0) is 33.0. The summed E-state index contributed by atoms with van der Waals surface area (Å²) in [6, 6.07) is 64.9. The first-order chi connectivity index (χ1) is 24.8. The van der Waals surface area contributed by atoms with Gasteiger partial charge in [-0.3, -0.25) is 0 Å². The lowest BCUT2D eigenvalue weighted by atomic mass is 10.0. The second-order valence-corrected chi connectivity index (χ2v) is 13.6. The Hall–Kier alpha value is -6.36. The highest BCUT2D eigenvalue weighted by molar-refractivity contribution is 7.26. The van der Waals surface area contributed by atoms with Crippen LogP contribution in [-0.2, 0) is 0 Å². The molecule has 0 unspecified atom stereocenters. The van der Waals surface area contributed by atoms with Gasteiger partial charge in [-0.1, -0.05) is 109 Å². The maximum atomic E-state index is 6.45. The van der Waals surface area contributed by atoms with E-state index < -0.39 is 0 Å². The molecule has 0 aliphatic heterocycles. The van der Waals surface area contributed by atoms with Crippen molar-refractivity contribution in [3.63, 3.8) is 0 Å². The molecule has 10 aromatic rings. The summed E-state index contributed by atoms with van der Waals surface area (Å²) in [4.78, 5) is 4.75. The first kappa shape index (κ1) is 28.6. The van der Waals surface area contributed by atoms with E-state index in [0.717, 1.165) is 56.1 Å². The largest absolute Gasteiger partial charge is 0.456 e. The number of nitrogens with zero attached hydrogens (tertiary/aromatic N) is 2. The molecule has 0 saturated carbocycles. The van der Waals surface area contributed by atoms with Crippen LogP contribution in [0.25, 0.3) is 52.9 Å². The molecule has 50 heavy (non-hydrogen) atoms. The molecule has 0 amide bonds. The lowest BCUT2D eigenvalue weighted by molar-refractivity contribution is 0.669. The van der Waals surface area contributed by atoms with Crippen LogP contribution in [0.2, 0.25) is 0 Å². The average Bonchev–Trinajstić information content (AvgIpc) is 3.75. The van der Waals surface area contributed by atoms with Gasteiger partial charge >= 0.3 is 0 Å². The van der Waals surface area contributed by atoms with Gasteiger partial charge in [0.05, 0.1) is 5.69 Å². The quantitative estimate of drug-likeness (QED) is 0.177. The SMILES string of the molecule is c1ccc(N(c2ccccc2)c2cc(N(c3ccccc3)c3ccc4c(c3)oc3ccccc34)c3c(c2)sc2c4ccccc4ccc23)cc1. The maximum absolute atomic E-state index is 6.45. The Morgan fingerprint density at radius 3 is 1.68 bits per heavy atom. The lowest BCUT2D eigenvalue weighted by Gasteiger charge is -2.30. The highest BCUT2D eigenvalue weighted by atomic mass is 32.1. The maximum Gasteiger partial charge on any atom is 0.137 e. The van der Waals surface area contributed by atoms with E-state index in [9.17, 15) is 0 Å². The molecule has 0 fully saturated rings. The van der Waals surface area contributed by atoms with Crippen LogP contribution in [0, 0.1) is 0 Å².